The summed E-state index contributed by atoms with van der Waals surface area (Å²) in [6, 6.07) is 0. The largest absolute Gasteiger partial charge is 0.462 e. The van der Waals surface area contributed by atoms with Crippen molar-refractivity contribution in [3.05, 3.63) is 0 Å². The Bertz CT molecular complexity index is 617. The van der Waals surface area contributed by atoms with E-state index in [0.29, 0.717) is 0 Å². The van der Waals surface area contributed by atoms with Gasteiger partial charge in [0, 0.05) is 12.8 Å². The third-order valence-electron chi connectivity index (χ3n) is 2.64. The first-order valence-corrected chi connectivity index (χ1v) is 13.1. The summed E-state index contributed by atoms with van der Waals surface area (Å²) < 4.78 is 57.7. The number of carbonyl (C=O) groups excluding carboxylic acids is 2. The smallest absolute Gasteiger partial charge is 0.305 e. The van der Waals surface area contributed by atoms with Crippen LogP contribution in [0.4, 0.5) is 0 Å². The molecule has 0 saturated carbocycles. The van der Waals surface area contributed by atoms with E-state index in [2.05, 4.69) is 4.72 Å². The van der Waals surface area contributed by atoms with E-state index in [9.17, 15) is 26.4 Å². The van der Waals surface area contributed by atoms with Gasteiger partial charge in [0.1, 0.15) is 12.7 Å². The van der Waals surface area contributed by atoms with E-state index in [4.69, 9.17) is 9.47 Å². The number of sulfonamides is 1. The van der Waals surface area contributed by atoms with Crippen LogP contribution in [0.3, 0.4) is 0 Å². The fourth-order valence-electron chi connectivity index (χ4n) is 1.41. The lowest BCUT2D eigenvalue weighted by molar-refractivity contribution is -0.158. The van der Waals surface area contributed by atoms with Crippen LogP contribution in [0.1, 0.15) is 33.1 Å². The highest BCUT2D eigenvalue weighted by atomic mass is 127. The maximum absolute atomic E-state index is 11.8. The second-order valence-electron chi connectivity index (χ2n) is 4.77. The van der Waals surface area contributed by atoms with Crippen molar-refractivity contribution in [3.8, 4) is 0 Å². The van der Waals surface area contributed by atoms with Crippen LogP contribution in [0.5, 0.6) is 0 Å². The highest BCUT2D eigenvalue weighted by molar-refractivity contribution is 14.2. The van der Waals surface area contributed by atoms with Gasteiger partial charge in [0.05, 0.1) is 39.3 Å². The third-order valence-corrected chi connectivity index (χ3v) is 6.17. The molecule has 0 aliphatic heterocycles. The predicted molar refractivity (Wildman–Crippen MR) is 95.6 cm³/mol. The zero-order chi connectivity index (χ0) is 18.8. The number of carbonyl (C=O) groups is 2. The summed E-state index contributed by atoms with van der Waals surface area (Å²) in [5, 5.41) is 0. The van der Waals surface area contributed by atoms with Gasteiger partial charge in [-0.25, -0.2) is 21.6 Å². The van der Waals surface area contributed by atoms with Gasteiger partial charge in [-0.2, -0.15) is 0 Å². The second kappa shape index (κ2) is 11.2. The molecular formula is C12H22INO8S2. The number of hydrogen-bond acceptors (Lipinski definition) is 8. The number of nitrogens with one attached hydrogen (secondary N) is 1. The molecule has 0 aromatic heterocycles. The first-order valence-electron chi connectivity index (χ1n) is 7.23. The summed E-state index contributed by atoms with van der Waals surface area (Å²) in [6.07, 6.45) is -0.759. The molecule has 0 heterocycles. The van der Waals surface area contributed by atoms with Gasteiger partial charge < -0.3 is 9.47 Å². The molecule has 1 N–H and O–H groups in total. The molecule has 1 atom stereocenters. The van der Waals surface area contributed by atoms with Gasteiger partial charge in [-0.1, -0.05) is 13.8 Å². The highest BCUT2D eigenvalue weighted by Gasteiger charge is 2.20. The van der Waals surface area contributed by atoms with Crippen molar-refractivity contribution in [1.82, 2.24) is 4.72 Å². The molecule has 0 rings (SSSR count). The zero-order valence-corrected chi connectivity index (χ0v) is 17.3. The Morgan fingerprint density at radius 3 is 2.12 bits per heavy atom. The van der Waals surface area contributed by atoms with E-state index in [-0.39, 0.29) is 43.9 Å². The van der Waals surface area contributed by atoms with E-state index in [1.807, 2.05) is 0 Å². The Morgan fingerprint density at radius 2 is 1.62 bits per heavy atom. The van der Waals surface area contributed by atoms with Crippen molar-refractivity contribution in [2.45, 2.75) is 39.2 Å². The Morgan fingerprint density at radius 1 is 1.04 bits per heavy atom. The fraction of sp³-hybridized carbons (Fsp3) is 0.833. The average Bonchev–Trinajstić information content (AvgIpc) is 2.47. The topological polar surface area (TPSA) is 133 Å². The van der Waals surface area contributed by atoms with E-state index in [1.165, 1.54) is 21.2 Å². The molecule has 1 unspecified atom stereocenters. The number of halogens is 1. The van der Waals surface area contributed by atoms with Crippen LogP contribution in [-0.2, 0) is 36.1 Å². The minimum absolute atomic E-state index is 0.0508. The molecule has 0 fully saturated rings. The van der Waals surface area contributed by atoms with Gasteiger partial charge in [0.2, 0.25) is 17.0 Å². The maximum Gasteiger partial charge on any atom is 0.305 e. The van der Waals surface area contributed by atoms with Gasteiger partial charge in [0.25, 0.3) is 0 Å². The van der Waals surface area contributed by atoms with Crippen LogP contribution < -0.4 is 4.72 Å². The summed E-state index contributed by atoms with van der Waals surface area (Å²) in [5.74, 6) is -1.68. The molecule has 0 amide bonds. The molecule has 0 aliphatic carbocycles. The van der Waals surface area contributed by atoms with Crippen LogP contribution in [-0.4, -0.2) is 59.5 Å². The molecule has 0 saturated heterocycles. The van der Waals surface area contributed by atoms with Gasteiger partial charge >= 0.3 is 11.9 Å². The van der Waals surface area contributed by atoms with Crippen molar-refractivity contribution in [1.29, 1.82) is 0 Å². The highest BCUT2D eigenvalue weighted by Crippen LogP contribution is 2.05. The van der Waals surface area contributed by atoms with Crippen molar-refractivity contribution in [3.63, 3.8) is 0 Å². The van der Waals surface area contributed by atoms with Crippen molar-refractivity contribution in [2.75, 3.05) is 24.7 Å². The van der Waals surface area contributed by atoms with Crippen molar-refractivity contribution < 1.29 is 35.9 Å². The molecular weight excluding hydrogens is 477 g/mol. The van der Waals surface area contributed by atoms with Gasteiger partial charge in [-0.05, 0) is 6.42 Å². The summed E-state index contributed by atoms with van der Waals surface area (Å²) in [5.41, 5.74) is 0. The number of ether oxygens (including phenoxy) is 2. The Labute approximate surface area is 154 Å². The Balaban J connectivity index is 4.54. The van der Waals surface area contributed by atoms with Gasteiger partial charge in [0.15, 0.2) is 0 Å². The Hall–Kier alpha value is -0.470. The molecule has 24 heavy (non-hydrogen) atoms. The van der Waals surface area contributed by atoms with Crippen molar-refractivity contribution >= 4 is 50.2 Å². The lowest BCUT2D eigenvalue weighted by Crippen LogP contribution is -2.39. The van der Waals surface area contributed by atoms with Crippen LogP contribution >= 0.6 is 21.2 Å². The first-order chi connectivity index (χ1) is 11.0. The monoisotopic (exact) mass is 499 g/mol. The zero-order valence-electron chi connectivity index (χ0n) is 13.5. The molecule has 142 valence electrons. The van der Waals surface area contributed by atoms with E-state index >= 15 is 0 Å². The fourth-order valence-corrected chi connectivity index (χ4v) is 4.12. The van der Waals surface area contributed by atoms with Crippen LogP contribution in [0.15, 0.2) is 0 Å². The van der Waals surface area contributed by atoms with E-state index in [1.54, 1.807) is 13.8 Å². The standard InChI is InChI=1S/C12H22INO8S2/c1-3-11(15)21-9-10(22-12(16)4-2)8-14-24(19,20)7-5-6-23(13,17)18/h10,14H,3-9H2,1-2H3. The summed E-state index contributed by atoms with van der Waals surface area (Å²) in [7, 11) is -7.00. The lowest BCUT2D eigenvalue weighted by atomic mass is 10.3. The quantitative estimate of drug-likeness (QED) is 0.231. The van der Waals surface area contributed by atoms with E-state index < -0.39 is 35.1 Å². The molecule has 12 heteroatoms. The van der Waals surface area contributed by atoms with Crippen LogP contribution in [0, 0.1) is 0 Å². The molecule has 0 radical (unpaired) electrons. The second-order valence-corrected chi connectivity index (χ2v) is 12.2. The lowest BCUT2D eigenvalue weighted by Gasteiger charge is -2.18. The first kappa shape index (κ1) is 23.5. The minimum Gasteiger partial charge on any atom is -0.462 e. The Kier molecular flexibility index (Phi) is 11.0. The molecule has 9 nitrogen and oxygen atoms in total. The van der Waals surface area contributed by atoms with Gasteiger partial charge in [-0.3, -0.25) is 9.59 Å². The molecule has 0 aliphatic rings. The van der Waals surface area contributed by atoms with Gasteiger partial charge in [-0.15, -0.1) is 0 Å². The van der Waals surface area contributed by atoms with Crippen molar-refractivity contribution in [2.24, 2.45) is 0 Å². The molecule has 0 bridgehead atoms. The maximum atomic E-state index is 11.8. The number of esters is 2. The molecule has 0 spiro atoms. The SMILES string of the molecule is CCC(=O)OCC(CNS(=O)(=O)CCCS(=O)(=O)I)OC(=O)CC. The van der Waals surface area contributed by atoms with Crippen LogP contribution in [0.2, 0.25) is 0 Å². The normalized spacial score (nSPS) is 13.3. The summed E-state index contributed by atoms with van der Waals surface area (Å²) in [6.45, 7) is 2.65. The minimum atomic E-state index is -3.74. The van der Waals surface area contributed by atoms with Crippen LogP contribution in [0.25, 0.3) is 0 Å². The summed E-state index contributed by atoms with van der Waals surface area (Å²) >= 11 is 1.25. The average molecular weight is 499 g/mol. The third kappa shape index (κ3) is 12.9. The summed E-state index contributed by atoms with van der Waals surface area (Å²) in [4.78, 5) is 22.5. The molecule has 0 aromatic rings. The number of hydrogen-bond donors (Lipinski definition) is 1. The molecule has 0 aromatic carbocycles. The number of rotatable bonds is 12. The van der Waals surface area contributed by atoms with E-state index in [0.717, 1.165) is 0 Å². The predicted octanol–water partition coefficient (Wildman–Crippen LogP) is 0.336.